The van der Waals surface area contributed by atoms with Gasteiger partial charge in [0.25, 0.3) is 0 Å². The molecule has 0 aliphatic carbocycles. The van der Waals surface area contributed by atoms with Gasteiger partial charge >= 0.3 is 6.09 Å². The van der Waals surface area contributed by atoms with Crippen LogP contribution in [0.3, 0.4) is 0 Å². The summed E-state index contributed by atoms with van der Waals surface area (Å²) < 4.78 is 10.2. The Hall–Kier alpha value is -2.08. The SMILES string of the molecule is CC(C)(C)OC(=O)NCCOCC(=O)Nc1ccccc1. The Morgan fingerprint density at radius 2 is 1.81 bits per heavy atom. The molecule has 0 spiro atoms. The van der Waals surface area contributed by atoms with E-state index in [-0.39, 0.29) is 25.7 Å². The van der Waals surface area contributed by atoms with Gasteiger partial charge in [0.05, 0.1) is 6.61 Å². The van der Waals surface area contributed by atoms with E-state index < -0.39 is 11.7 Å². The molecule has 1 aromatic rings. The molecule has 0 heterocycles. The van der Waals surface area contributed by atoms with Crippen LogP contribution in [0, 0.1) is 0 Å². The Morgan fingerprint density at radius 3 is 2.43 bits per heavy atom. The molecule has 0 radical (unpaired) electrons. The number of alkyl carbamates (subject to hydrolysis) is 1. The Labute approximate surface area is 124 Å². The van der Waals surface area contributed by atoms with E-state index in [1.807, 2.05) is 18.2 Å². The third-order valence-corrected chi connectivity index (χ3v) is 2.21. The van der Waals surface area contributed by atoms with Gasteiger partial charge in [-0.2, -0.15) is 0 Å². The number of carbonyl (C=O) groups excluding carboxylic acids is 2. The van der Waals surface area contributed by atoms with Gasteiger partial charge in [-0.1, -0.05) is 18.2 Å². The first-order chi connectivity index (χ1) is 9.87. The van der Waals surface area contributed by atoms with Crippen LogP contribution in [-0.2, 0) is 14.3 Å². The number of rotatable bonds is 6. The van der Waals surface area contributed by atoms with E-state index in [9.17, 15) is 9.59 Å². The highest BCUT2D eigenvalue weighted by molar-refractivity contribution is 5.91. The Bertz CT molecular complexity index is 454. The van der Waals surface area contributed by atoms with Gasteiger partial charge in [0, 0.05) is 12.2 Å². The maximum atomic E-state index is 11.5. The standard InChI is InChI=1S/C15H22N2O4/c1-15(2,3)21-14(19)16-9-10-20-11-13(18)17-12-7-5-4-6-8-12/h4-8H,9-11H2,1-3H3,(H,16,19)(H,17,18). The molecular weight excluding hydrogens is 272 g/mol. The minimum Gasteiger partial charge on any atom is -0.444 e. The number of anilines is 1. The maximum absolute atomic E-state index is 11.5. The number of nitrogens with one attached hydrogen (secondary N) is 2. The Kier molecular flexibility index (Phi) is 6.68. The first-order valence-corrected chi connectivity index (χ1v) is 6.76. The van der Waals surface area contributed by atoms with Crippen molar-refractivity contribution in [1.29, 1.82) is 0 Å². The van der Waals surface area contributed by atoms with Crippen molar-refractivity contribution in [2.45, 2.75) is 26.4 Å². The highest BCUT2D eigenvalue weighted by atomic mass is 16.6. The third-order valence-electron chi connectivity index (χ3n) is 2.21. The van der Waals surface area contributed by atoms with E-state index in [0.29, 0.717) is 0 Å². The third kappa shape index (κ3) is 8.65. The summed E-state index contributed by atoms with van der Waals surface area (Å²) in [7, 11) is 0. The number of para-hydroxylation sites is 1. The number of hydrogen-bond acceptors (Lipinski definition) is 4. The monoisotopic (exact) mass is 294 g/mol. The fraction of sp³-hybridized carbons (Fsp3) is 0.467. The first-order valence-electron chi connectivity index (χ1n) is 6.76. The average Bonchev–Trinajstić information content (AvgIpc) is 2.37. The molecule has 0 saturated carbocycles. The molecule has 116 valence electrons. The summed E-state index contributed by atoms with van der Waals surface area (Å²) in [6, 6.07) is 9.13. The van der Waals surface area contributed by atoms with Gasteiger partial charge < -0.3 is 20.1 Å². The number of amides is 2. The van der Waals surface area contributed by atoms with Crippen molar-refractivity contribution in [3.05, 3.63) is 30.3 Å². The summed E-state index contributed by atoms with van der Waals surface area (Å²) in [5.41, 5.74) is 0.193. The van der Waals surface area contributed by atoms with Gasteiger partial charge in [0.1, 0.15) is 12.2 Å². The number of ether oxygens (including phenoxy) is 2. The molecule has 0 bridgehead atoms. The van der Waals surface area contributed by atoms with E-state index in [0.717, 1.165) is 5.69 Å². The second-order valence-corrected chi connectivity index (χ2v) is 5.40. The van der Waals surface area contributed by atoms with Gasteiger partial charge in [0.2, 0.25) is 5.91 Å². The van der Waals surface area contributed by atoms with Gasteiger partial charge in [-0.05, 0) is 32.9 Å². The van der Waals surface area contributed by atoms with E-state index in [1.165, 1.54) is 0 Å². The summed E-state index contributed by atoms with van der Waals surface area (Å²) >= 11 is 0. The maximum Gasteiger partial charge on any atom is 0.407 e. The van der Waals surface area contributed by atoms with Crippen molar-refractivity contribution in [2.75, 3.05) is 25.1 Å². The van der Waals surface area contributed by atoms with E-state index >= 15 is 0 Å². The van der Waals surface area contributed by atoms with Gasteiger partial charge in [0.15, 0.2) is 0 Å². The minimum absolute atomic E-state index is 0.0646. The second-order valence-electron chi connectivity index (χ2n) is 5.40. The number of hydrogen-bond donors (Lipinski definition) is 2. The smallest absolute Gasteiger partial charge is 0.407 e. The summed E-state index contributed by atoms with van der Waals surface area (Å²) in [6.07, 6.45) is -0.500. The molecule has 2 amide bonds. The van der Waals surface area contributed by atoms with E-state index in [1.54, 1.807) is 32.9 Å². The number of carbonyl (C=O) groups is 2. The van der Waals surface area contributed by atoms with Crippen molar-refractivity contribution < 1.29 is 19.1 Å². The van der Waals surface area contributed by atoms with Crippen LogP contribution in [0.5, 0.6) is 0 Å². The zero-order valence-electron chi connectivity index (χ0n) is 12.6. The molecule has 6 heteroatoms. The van der Waals surface area contributed by atoms with Gasteiger partial charge in [-0.3, -0.25) is 4.79 Å². The van der Waals surface area contributed by atoms with Crippen LogP contribution in [0.2, 0.25) is 0 Å². The molecule has 0 atom stereocenters. The average molecular weight is 294 g/mol. The van der Waals surface area contributed by atoms with E-state index in [2.05, 4.69) is 10.6 Å². The summed E-state index contributed by atoms with van der Waals surface area (Å²) in [4.78, 5) is 22.9. The van der Waals surface area contributed by atoms with Crippen LogP contribution >= 0.6 is 0 Å². The van der Waals surface area contributed by atoms with Crippen molar-refractivity contribution in [3.8, 4) is 0 Å². The summed E-state index contributed by atoms with van der Waals surface area (Å²) in [5.74, 6) is -0.238. The lowest BCUT2D eigenvalue weighted by atomic mass is 10.2. The zero-order valence-corrected chi connectivity index (χ0v) is 12.6. The lowest BCUT2D eigenvalue weighted by molar-refractivity contribution is -0.120. The van der Waals surface area contributed by atoms with Crippen molar-refractivity contribution in [1.82, 2.24) is 5.32 Å². The Balaban J connectivity index is 2.09. The zero-order chi connectivity index (χ0) is 15.7. The Morgan fingerprint density at radius 1 is 1.14 bits per heavy atom. The largest absolute Gasteiger partial charge is 0.444 e. The highest BCUT2D eigenvalue weighted by Gasteiger charge is 2.15. The molecule has 0 aliphatic heterocycles. The second kappa shape index (κ2) is 8.26. The van der Waals surface area contributed by atoms with Crippen LogP contribution in [0.4, 0.5) is 10.5 Å². The van der Waals surface area contributed by atoms with Crippen LogP contribution < -0.4 is 10.6 Å². The molecule has 0 aromatic heterocycles. The molecule has 1 rings (SSSR count). The van der Waals surface area contributed by atoms with Crippen molar-refractivity contribution in [3.63, 3.8) is 0 Å². The van der Waals surface area contributed by atoms with Crippen LogP contribution in [0.15, 0.2) is 30.3 Å². The molecule has 0 unspecified atom stereocenters. The first kappa shape index (κ1) is 17.0. The van der Waals surface area contributed by atoms with Gasteiger partial charge in [-0.15, -0.1) is 0 Å². The minimum atomic E-state index is -0.527. The molecule has 2 N–H and O–H groups in total. The lowest BCUT2D eigenvalue weighted by Crippen LogP contribution is -2.34. The van der Waals surface area contributed by atoms with Crippen molar-refractivity contribution in [2.24, 2.45) is 0 Å². The molecule has 21 heavy (non-hydrogen) atoms. The van der Waals surface area contributed by atoms with Gasteiger partial charge in [-0.25, -0.2) is 4.79 Å². The normalized spacial score (nSPS) is 10.8. The lowest BCUT2D eigenvalue weighted by Gasteiger charge is -2.19. The van der Waals surface area contributed by atoms with Crippen LogP contribution in [-0.4, -0.2) is 37.4 Å². The van der Waals surface area contributed by atoms with Crippen molar-refractivity contribution >= 4 is 17.7 Å². The predicted molar refractivity (Wildman–Crippen MR) is 80.1 cm³/mol. The highest BCUT2D eigenvalue weighted by Crippen LogP contribution is 2.06. The fourth-order valence-electron chi connectivity index (χ4n) is 1.42. The van der Waals surface area contributed by atoms with Crippen LogP contribution in [0.25, 0.3) is 0 Å². The number of benzene rings is 1. The molecule has 0 aliphatic rings. The van der Waals surface area contributed by atoms with Crippen LogP contribution in [0.1, 0.15) is 20.8 Å². The molecule has 1 aromatic carbocycles. The van der Waals surface area contributed by atoms with E-state index in [4.69, 9.17) is 9.47 Å². The quantitative estimate of drug-likeness (QED) is 0.788. The molecule has 0 saturated heterocycles. The predicted octanol–water partition coefficient (Wildman–Crippen LogP) is 2.17. The molecule has 0 fully saturated rings. The fourth-order valence-corrected chi connectivity index (χ4v) is 1.42. The summed E-state index contributed by atoms with van der Waals surface area (Å²) in [5, 5.41) is 5.24. The summed E-state index contributed by atoms with van der Waals surface area (Å²) in [6.45, 7) is 5.82. The molecular formula is C15H22N2O4. The topological polar surface area (TPSA) is 76.7 Å². The molecule has 6 nitrogen and oxygen atoms in total.